The normalized spacial score (nSPS) is 16.6. The van der Waals surface area contributed by atoms with E-state index < -0.39 is 0 Å². The average molecular weight is 290 g/mol. The molecule has 1 aromatic carbocycles. The summed E-state index contributed by atoms with van der Waals surface area (Å²) in [5.41, 5.74) is 2.49. The van der Waals surface area contributed by atoms with Crippen molar-refractivity contribution in [2.75, 3.05) is 19.9 Å². The molecule has 0 atom stereocenters. The first-order valence-electron chi connectivity index (χ1n) is 7.36. The molecule has 5 nitrogen and oxygen atoms in total. The second-order valence-corrected chi connectivity index (χ2v) is 6.87. The Balaban J connectivity index is 1.68. The van der Waals surface area contributed by atoms with Gasteiger partial charge in [0.1, 0.15) is 0 Å². The van der Waals surface area contributed by atoms with Crippen LogP contribution in [0.4, 0.5) is 4.79 Å². The lowest BCUT2D eigenvalue weighted by Gasteiger charge is -2.30. The Morgan fingerprint density at radius 3 is 2.57 bits per heavy atom. The molecule has 2 aliphatic heterocycles. The molecule has 0 saturated heterocycles. The van der Waals surface area contributed by atoms with Crippen molar-refractivity contribution in [3.05, 3.63) is 23.3 Å². The topological polar surface area (TPSA) is 50.8 Å². The Labute approximate surface area is 125 Å². The van der Waals surface area contributed by atoms with Gasteiger partial charge in [-0.05, 0) is 35.1 Å². The van der Waals surface area contributed by atoms with Gasteiger partial charge < -0.3 is 19.7 Å². The minimum absolute atomic E-state index is 0.00763. The van der Waals surface area contributed by atoms with Crippen LogP contribution >= 0.6 is 0 Å². The molecule has 0 radical (unpaired) electrons. The van der Waals surface area contributed by atoms with E-state index in [2.05, 4.69) is 26.1 Å². The van der Waals surface area contributed by atoms with E-state index in [9.17, 15) is 4.79 Å². The summed E-state index contributed by atoms with van der Waals surface area (Å²) in [5.74, 6) is 1.60. The zero-order valence-corrected chi connectivity index (χ0v) is 12.9. The van der Waals surface area contributed by atoms with Gasteiger partial charge in [-0.3, -0.25) is 0 Å². The maximum absolute atomic E-state index is 12.2. The van der Waals surface area contributed by atoms with E-state index in [1.807, 2.05) is 17.0 Å². The number of hydrogen-bond acceptors (Lipinski definition) is 3. The van der Waals surface area contributed by atoms with Crippen molar-refractivity contribution in [2.24, 2.45) is 5.41 Å². The van der Waals surface area contributed by atoms with Gasteiger partial charge in [0, 0.05) is 19.6 Å². The average Bonchev–Trinajstić information content (AvgIpc) is 2.87. The molecule has 1 N–H and O–H groups in total. The molecule has 0 fully saturated rings. The summed E-state index contributed by atoms with van der Waals surface area (Å²) in [7, 11) is 0. The number of benzene rings is 1. The lowest BCUT2D eigenvalue weighted by atomic mass is 9.97. The first-order valence-corrected chi connectivity index (χ1v) is 7.36. The lowest BCUT2D eigenvalue weighted by molar-refractivity contribution is 0.174. The van der Waals surface area contributed by atoms with Crippen molar-refractivity contribution in [2.45, 2.75) is 33.7 Å². The number of hydrogen-bond donors (Lipinski definition) is 1. The fraction of sp³-hybridized carbons (Fsp3) is 0.562. The highest BCUT2D eigenvalue weighted by molar-refractivity contribution is 5.74. The van der Waals surface area contributed by atoms with E-state index in [-0.39, 0.29) is 18.2 Å². The summed E-state index contributed by atoms with van der Waals surface area (Å²) >= 11 is 0. The molecule has 0 spiro atoms. The van der Waals surface area contributed by atoms with Gasteiger partial charge in [0.2, 0.25) is 6.79 Å². The second kappa shape index (κ2) is 5.13. The Bertz CT molecular complexity index is 563. The molecule has 2 amide bonds. The summed E-state index contributed by atoms with van der Waals surface area (Å²) in [6.45, 7) is 8.66. The molecule has 0 saturated carbocycles. The Kier molecular flexibility index (Phi) is 3.43. The van der Waals surface area contributed by atoms with Crippen LogP contribution in [0.25, 0.3) is 0 Å². The van der Waals surface area contributed by atoms with Gasteiger partial charge in [0.25, 0.3) is 0 Å². The number of carbonyl (C=O) groups excluding carboxylic acids is 1. The first kappa shape index (κ1) is 14.0. The number of nitrogens with one attached hydrogen (secondary N) is 1. The van der Waals surface area contributed by atoms with Crippen LogP contribution in [0.3, 0.4) is 0 Å². The van der Waals surface area contributed by atoms with Crippen molar-refractivity contribution in [3.63, 3.8) is 0 Å². The second-order valence-electron chi connectivity index (χ2n) is 6.87. The number of rotatable bonds is 1. The van der Waals surface area contributed by atoms with Crippen LogP contribution in [0.5, 0.6) is 11.5 Å². The van der Waals surface area contributed by atoms with Gasteiger partial charge in [0.15, 0.2) is 11.5 Å². The zero-order chi connectivity index (χ0) is 15.0. The van der Waals surface area contributed by atoms with Gasteiger partial charge in [-0.15, -0.1) is 0 Å². The summed E-state index contributed by atoms with van der Waals surface area (Å²) < 4.78 is 10.8. The Morgan fingerprint density at radius 2 is 1.90 bits per heavy atom. The fourth-order valence-corrected chi connectivity index (χ4v) is 2.57. The van der Waals surface area contributed by atoms with Gasteiger partial charge in [-0.25, -0.2) is 4.79 Å². The predicted molar refractivity (Wildman–Crippen MR) is 79.5 cm³/mol. The molecule has 2 aliphatic rings. The molecule has 0 bridgehead atoms. The van der Waals surface area contributed by atoms with E-state index in [1.165, 1.54) is 5.56 Å². The van der Waals surface area contributed by atoms with E-state index in [4.69, 9.17) is 9.47 Å². The van der Waals surface area contributed by atoms with Gasteiger partial charge >= 0.3 is 6.03 Å². The maximum Gasteiger partial charge on any atom is 0.317 e. The van der Waals surface area contributed by atoms with Crippen molar-refractivity contribution in [3.8, 4) is 11.5 Å². The van der Waals surface area contributed by atoms with E-state index >= 15 is 0 Å². The molecule has 0 aromatic heterocycles. The van der Waals surface area contributed by atoms with Gasteiger partial charge in [-0.1, -0.05) is 20.8 Å². The standard InChI is InChI=1S/C16H22N2O3/c1-16(2,3)9-17-15(19)18-5-4-11-6-13-14(21-10-20-13)7-12(11)8-18/h6-7H,4-5,8-10H2,1-3H3,(H,17,19). The first-order chi connectivity index (χ1) is 9.92. The summed E-state index contributed by atoms with van der Waals surface area (Å²) in [6, 6.07) is 4.05. The smallest absolute Gasteiger partial charge is 0.317 e. The summed E-state index contributed by atoms with van der Waals surface area (Å²) in [4.78, 5) is 14.1. The van der Waals surface area contributed by atoms with Crippen molar-refractivity contribution < 1.29 is 14.3 Å². The van der Waals surface area contributed by atoms with Crippen LogP contribution in [0.1, 0.15) is 31.9 Å². The molecule has 0 aliphatic carbocycles. The molecular weight excluding hydrogens is 268 g/mol. The highest BCUT2D eigenvalue weighted by atomic mass is 16.7. The van der Waals surface area contributed by atoms with Crippen molar-refractivity contribution >= 4 is 6.03 Å². The Hall–Kier alpha value is -1.91. The number of ether oxygens (including phenoxy) is 2. The molecule has 3 rings (SSSR count). The third-order valence-corrected chi connectivity index (χ3v) is 3.76. The zero-order valence-electron chi connectivity index (χ0n) is 12.9. The fourth-order valence-electron chi connectivity index (χ4n) is 2.57. The summed E-state index contributed by atoms with van der Waals surface area (Å²) in [6.07, 6.45) is 0.856. The quantitative estimate of drug-likeness (QED) is 0.864. The minimum atomic E-state index is 0.00763. The van der Waals surface area contributed by atoms with Crippen molar-refractivity contribution in [1.29, 1.82) is 0 Å². The third kappa shape index (κ3) is 3.06. The lowest BCUT2D eigenvalue weighted by Crippen LogP contribution is -2.45. The van der Waals surface area contributed by atoms with Crippen LogP contribution in [-0.2, 0) is 13.0 Å². The number of urea groups is 1. The van der Waals surface area contributed by atoms with E-state index in [0.29, 0.717) is 13.1 Å². The highest BCUT2D eigenvalue weighted by Crippen LogP contribution is 2.36. The van der Waals surface area contributed by atoms with Crippen LogP contribution < -0.4 is 14.8 Å². The largest absolute Gasteiger partial charge is 0.454 e. The number of amides is 2. The van der Waals surface area contributed by atoms with E-state index in [0.717, 1.165) is 30.0 Å². The SMILES string of the molecule is CC(C)(C)CNC(=O)N1CCc2cc3c(cc2C1)OCO3. The van der Waals surface area contributed by atoms with E-state index in [1.54, 1.807) is 0 Å². The number of fused-ring (bicyclic) bond motifs is 2. The number of nitrogens with zero attached hydrogens (tertiary/aromatic N) is 1. The molecule has 21 heavy (non-hydrogen) atoms. The molecule has 0 unspecified atom stereocenters. The third-order valence-electron chi connectivity index (χ3n) is 3.76. The van der Waals surface area contributed by atoms with Crippen LogP contribution in [0, 0.1) is 5.41 Å². The van der Waals surface area contributed by atoms with Crippen LogP contribution in [0.15, 0.2) is 12.1 Å². The van der Waals surface area contributed by atoms with Crippen LogP contribution in [-0.4, -0.2) is 30.8 Å². The minimum Gasteiger partial charge on any atom is -0.454 e. The molecular formula is C16H22N2O3. The molecule has 1 aromatic rings. The van der Waals surface area contributed by atoms with Crippen LogP contribution in [0.2, 0.25) is 0 Å². The Morgan fingerprint density at radius 1 is 1.24 bits per heavy atom. The maximum atomic E-state index is 12.2. The predicted octanol–water partition coefficient (Wildman–Crippen LogP) is 2.53. The monoisotopic (exact) mass is 290 g/mol. The van der Waals surface area contributed by atoms with Crippen molar-refractivity contribution in [1.82, 2.24) is 10.2 Å². The molecule has 5 heteroatoms. The van der Waals surface area contributed by atoms with Gasteiger partial charge in [0.05, 0.1) is 0 Å². The van der Waals surface area contributed by atoms with Gasteiger partial charge in [-0.2, -0.15) is 0 Å². The number of carbonyl (C=O) groups is 1. The highest BCUT2D eigenvalue weighted by Gasteiger charge is 2.25. The summed E-state index contributed by atoms with van der Waals surface area (Å²) in [5, 5.41) is 3.01. The molecule has 114 valence electrons. The molecule has 2 heterocycles.